The van der Waals surface area contributed by atoms with Crippen molar-refractivity contribution in [2.45, 2.75) is 31.3 Å². The summed E-state index contributed by atoms with van der Waals surface area (Å²) >= 11 is 0. The minimum Gasteiger partial charge on any atom is -0.480 e. The van der Waals surface area contributed by atoms with Crippen LogP contribution in [0.25, 0.3) is 0 Å². The molecular formula is C8H18N6O3. The molecule has 1 rings (SSSR count). The van der Waals surface area contributed by atoms with Crippen molar-refractivity contribution >= 4 is 12.0 Å². The lowest BCUT2D eigenvalue weighted by molar-refractivity contribution is -0.140. The highest BCUT2D eigenvalue weighted by Crippen LogP contribution is 2.17. The Morgan fingerprint density at radius 1 is 1.41 bits per heavy atom. The molecular weight excluding hydrogens is 228 g/mol. The zero-order chi connectivity index (χ0) is 12.7. The lowest BCUT2D eigenvalue weighted by atomic mass is 10.2. The Balaban J connectivity index is 2.04. The van der Waals surface area contributed by atoms with Crippen LogP contribution >= 0.6 is 0 Å². The summed E-state index contributed by atoms with van der Waals surface area (Å²) in [5, 5.41) is 11.5. The minimum atomic E-state index is -1.02. The highest BCUT2D eigenvalue weighted by atomic mass is 16.4. The molecule has 0 heterocycles. The molecule has 1 unspecified atom stereocenters. The first-order valence-electron chi connectivity index (χ1n) is 5.36. The van der Waals surface area contributed by atoms with Crippen LogP contribution in [0.3, 0.4) is 0 Å². The predicted octanol–water partition coefficient (Wildman–Crippen LogP) is -2.24. The van der Waals surface area contributed by atoms with Crippen molar-refractivity contribution in [3.05, 3.63) is 0 Å². The van der Waals surface area contributed by atoms with Crippen LogP contribution < -0.4 is 33.0 Å². The highest BCUT2D eigenvalue weighted by molar-refractivity contribution is 5.74. The largest absolute Gasteiger partial charge is 0.480 e. The number of hydrogen-bond donors (Lipinski definition) is 7. The molecule has 0 aromatic heterocycles. The number of carbonyl (C=O) groups is 2. The molecule has 0 aromatic carbocycles. The number of hydrogen-bond acceptors (Lipinski definition) is 6. The maximum absolute atomic E-state index is 11.1. The van der Waals surface area contributed by atoms with Crippen molar-refractivity contribution in [2.24, 2.45) is 5.84 Å². The molecule has 9 nitrogen and oxygen atoms in total. The van der Waals surface area contributed by atoms with Gasteiger partial charge in [-0.2, -0.15) is 5.53 Å². The van der Waals surface area contributed by atoms with E-state index in [2.05, 4.69) is 27.1 Å². The molecule has 1 atom stereocenters. The molecule has 8 N–H and O–H groups in total. The molecule has 0 bridgehead atoms. The van der Waals surface area contributed by atoms with Gasteiger partial charge in [-0.15, -0.1) is 0 Å². The van der Waals surface area contributed by atoms with Crippen LogP contribution in [0.4, 0.5) is 4.79 Å². The number of carbonyl (C=O) groups excluding carboxylic acids is 1. The Bertz CT molecular complexity index is 270. The van der Waals surface area contributed by atoms with Crippen molar-refractivity contribution in [3.8, 4) is 0 Å². The second kappa shape index (κ2) is 7.01. The number of carboxylic acids is 1. The van der Waals surface area contributed by atoms with Crippen molar-refractivity contribution in [1.82, 2.24) is 27.1 Å². The van der Waals surface area contributed by atoms with E-state index in [-0.39, 0.29) is 18.5 Å². The Labute approximate surface area is 98.4 Å². The van der Waals surface area contributed by atoms with E-state index in [0.29, 0.717) is 6.54 Å². The lowest BCUT2D eigenvalue weighted by Gasteiger charge is -2.14. The number of amides is 2. The van der Waals surface area contributed by atoms with E-state index in [1.54, 1.807) is 0 Å². The zero-order valence-corrected chi connectivity index (χ0v) is 9.32. The van der Waals surface area contributed by atoms with Gasteiger partial charge < -0.3 is 10.4 Å². The summed E-state index contributed by atoms with van der Waals surface area (Å²) in [6, 6.07) is -0.836. The third-order valence-corrected chi connectivity index (χ3v) is 2.23. The number of nitrogens with one attached hydrogen (secondary N) is 5. The first-order valence-corrected chi connectivity index (χ1v) is 5.36. The maximum atomic E-state index is 11.1. The molecule has 9 heteroatoms. The van der Waals surface area contributed by atoms with Crippen LogP contribution in [0.2, 0.25) is 0 Å². The second-order valence-electron chi connectivity index (χ2n) is 3.77. The van der Waals surface area contributed by atoms with E-state index in [1.807, 2.05) is 0 Å². The zero-order valence-electron chi connectivity index (χ0n) is 9.32. The van der Waals surface area contributed by atoms with Gasteiger partial charge >= 0.3 is 12.0 Å². The molecule has 0 aromatic rings. The van der Waals surface area contributed by atoms with Crippen LogP contribution in [0.5, 0.6) is 0 Å². The Hall–Kier alpha value is -1.42. The Morgan fingerprint density at radius 2 is 2.12 bits per heavy atom. The summed E-state index contributed by atoms with van der Waals surface area (Å²) in [5.41, 5.74) is 9.49. The molecule has 1 saturated carbocycles. The fourth-order valence-corrected chi connectivity index (χ4v) is 1.17. The summed E-state index contributed by atoms with van der Waals surface area (Å²) in [6.45, 7) is 0.309. The van der Waals surface area contributed by atoms with Crippen LogP contribution in [-0.4, -0.2) is 35.7 Å². The molecule has 0 saturated heterocycles. The molecule has 0 radical (unpaired) electrons. The molecule has 0 aliphatic heterocycles. The number of aliphatic carboxylic acids is 1. The minimum absolute atomic E-state index is 0.267. The third-order valence-electron chi connectivity index (χ3n) is 2.23. The van der Waals surface area contributed by atoms with Gasteiger partial charge in [0.25, 0.3) is 0 Å². The normalized spacial score (nSPS) is 16.3. The second-order valence-corrected chi connectivity index (χ2v) is 3.77. The Kier molecular flexibility index (Phi) is 5.63. The predicted molar refractivity (Wildman–Crippen MR) is 59.2 cm³/mol. The number of rotatable bonds is 8. The average Bonchev–Trinajstić information content (AvgIpc) is 3.06. The lowest BCUT2D eigenvalue weighted by Crippen LogP contribution is -2.51. The SMILES string of the molecule is NNNC(CCNNC(=O)NC1CC1)C(=O)O. The van der Waals surface area contributed by atoms with Crippen LogP contribution in [-0.2, 0) is 4.79 Å². The van der Waals surface area contributed by atoms with Gasteiger partial charge in [-0.1, -0.05) is 0 Å². The van der Waals surface area contributed by atoms with Gasteiger partial charge in [0.1, 0.15) is 6.04 Å². The van der Waals surface area contributed by atoms with Crippen LogP contribution in [0.1, 0.15) is 19.3 Å². The fourth-order valence-electron chi connectivity index (χ4n) is 1.17. The van der Waals surface area contributed by atoms with E-state index >= 15 is 0 Å². The van der Waals surface area contributed by atoms with Crippen LogP contribution in [0, 0.1) is 0 Å². The monoisotopic (exact) mass is 246 g/mol. The molecule has 17 heavy (non-hydrogen) atoms. The fraction of sp³-hybridized carbons (Fsp3) is 0.750. The third kappa shape index (κ3) is 6.02. The molecule has 1 aliphatic carbocycles. The van der Waals surface area contributed by atoms with Gasteiger partial charge in [0.15, 0.2) is 0 Å². The van der Waals surface area contributed by atoms with Gasteiger partial charge in [0.2, 0.25) is 0 Å². The van der Waals surface area contributed by atoms with Crippen molar-refractivity contribution in [3.63, 3.8) is 0 Å². The molecule has 2 amide bonds. The summed E-state index contributed by atoms with van der Waals surface area (Å²) in [5.74, 6) is 3.94. The van der Waals surface area contributed by atoms with E-state index in [1.165, 1.54) is 0 Å². The van der Waals surface area contributed by atoms with Gasteiger partial charge in [0, 0.05) is 12.6 Å². The number of urea groups is 1. The van der Waals surface area contributed by atoms with Crippen molar-refractivity contribution < 1.29 is 14.7 Å². The number of nitrogens with two attached hydrogens (primary N) is 1. The average molecular weight is 246 g/mol. The van der Waals surface area contributed by atoms with E-state index in [0.717, 1.165) is 12.8 Å². The van der Waals surface area contributed by atoms with Gasteiger partial charge in [-0.3, -0.25) is 16.1 Å². The number of carboxylic acid groups (broad SMARTS) is 1. The number of hydrazine groups is 3. The van der Waals surface area contributed by atoms with Crippen molar-refractivity contribution in [1.29, 1.82) is 0 Å². The Morgan fingerprint density at radius 3 is 2.65 bits per heavy atom. The summed E-state index contributed by atoms with van der Waals surface area (Å²) in [6.07, 6.45) is 2.30. The summed E-state index contributed by atoms with van der Waals surface area (Å²) < 4.78 is 0. The van der Waals surface area contributed by atoms with Gasteiger partial charge in [0.05, 0.1) is 0 Å². The molecule has 0 spiro atoms. The molecule has 1 aliphatic rings. The van der Waals surface area contributed by atoms with E-state index < -0.39 is 12.0 Å². The smallest absolute Gasteiger partial charge is 0.329 e. The first-order chi connectivity index (χ1) is 8.13. The molecule has 1 fully saturated rings. The standard InChI is InChI=1S/C8H18N6O3/c9-14-12-6(7(15)16)3-4-10-13-8(17)11-5-1-2-5/h5-6,10,12,14H,1-4,9H2,(H,15,16)(H2,11,13,17). The van der Waals surface area contributed by atoms with E-state index in [4.69, 9.17) is 10.9 Å². The van der Waals surface area contributed by atoms with Crippen molar-refractivity contribution in [2.75, 3.05) is 6.54 Å². The van der Waals surface area contributed by atoms with Gasteiger partial charge in [-0.25, -0.2) is 15.6 Å². The van der Waals surface area contributed by atoms with E-state index in [9.17, 15) is 9.59 Å². The highest BCUT2D eigenvalue weighted by Gasteiger charge is 2.23. The van der Waals surface area contributed by atoms with Crippen LogP contribution in [0.15, 0.2) is 0 Å². The topological polar surface area (TPSA) is 141 Å². The first kappa shape index (κ1) is 13.6. The summed E-state index contributed by atoms with van der Waals surface area (Å²) in [7, 11) is 0. The van der Waals surface area contributed by atoms with Gasteiger partial charge in [-0.05, 0) is 19.3 Å². The maximum Gasteiger partial charge on any atom is 0.329 e. The summed E-state index contributed by atoms with van der Waals surface area (Å²) in [4.78, 5) is 21.8. The quantitative estimate of drug-likeness (QED) is 0.146. The molecule has 98 valence electrons.